The summed E-state index contributed by atoms with van der Waals surface area (Å²) in [5, 5.41) is 0. The van der Waals surface area contributed by atoms with Gasteiger partial charge in [-0.15, -0.1) is 11.6 Å². The molecule has 0 bridgehead atoms. The van der Waals surface area contributed by atoms with Crippen LogP contribution in [0.3, 0.4) is 0 Å². The second-order valence-corrected chi connectivity index (χ2v) is 6.94. The van der Waals surface area contributed by atoms with Gasteiger partial charge in [-0.25, -0.2) is 8.42 Å². The molecule has 0 radical (unpaired) electrons. The van der Waals surface area contributed by atoms with Gasteiger partial charge < -0.3 is 0 Å². The molecule has 2 unspecified atom stereocenters. The van der Waals surface area contributed by atoms with Crippen LogP contribution in [0.1, 0.15) is 32.1 Å². The number of alkyl halides is 1. The first-order valence-electron chi connectivity index (χ1n) is 5.70. The Morgan fingerprint density at radius 1 is 1.20 bits per heavy atom. The van der Waals surface area contributed by atoms with Gasteiger partial charge in [0.1, 0.15) is 0 Å². The Balaban J connectivity index is 2.10. The molecule has 1 heterocycles. The van der Waals surface area contributed by atoms with E-state index >= 15 is 0 Å². The maximum absolute atomic E-state index is 11.9. The molecule has 0 aromatic carbocycles. The van der Waals surface area contributed by atoms with E-state index < -0.39 is 10.0 Å². The third kappa shape index (κ3) is 2.32. The minimum absolute atomic E-state index is 0.0950. The van der Waals surface area contributed by atoms with E-state index in [1.807, 2.05) is 0 Å². The minimum atomic E-state index is -3.08. The third-order valence-corrected chi connectivity index (χ3v) is 5.95. The first-order chi connectivity index (χ1) is 7.15. The second-order valence-electron chi connectivity index (χ2n) is 4.52. The Hall–Kier alpha value is 0.200. The largest absolute Gasteiger partial charge is 0.215 e. The van der Waals surface area contributed by atoms with Crippen LogP contribution in [0.25, 0.3) is 0 Å². The van der Waals surface area contributed by atoms with E-state index in [1.165, 1.54) is 19.3 Å². The van der Waals surface area contributed by atoms with Gasteiger partial charge in [0.05, 0.1) is 5.75 Å². The second kappa shape index (κ2) is 4.60. The van der Waals surface area contributed by atoms with E-state index in [2.05, 4.69) is 0 Å². The normalized spacial score (nSPS) is 32.9. The van der Waals surface area contributed by atoms with Crippen LogP contribution in [-0.2, 0) is 10.0 Å². The molecule has 2 fully saturated rings. The summed E-state index contributed by atoms with van der Waals surface area (Å²) in [7, 11) is -3.08. The van der Waals surface area contributed by atoms with Crippen LogP contribution < -0.4 is 0 Å². The van der Waals surface area contributed by atoms with E-state index in [-0.39, 0.29) is 17.7 Å². The molecule has 0 N–H and O–H groups in total. The molecule has 15 heavy (non-hydrogen) atoms. The molecule has 0 spiro atoms. The van der Waals surface area contributed by atoms with Crippen molar-refractivity contribution in [1.29, 1.82) is 0 Å². The van der Waals surface area contributed by atoms with Crippen molar-refractivity contribution in [2.75, 3.05) is 18.2 Å². The fourth-order valence-electron chi connectivity index (χ4n) is 2.92. The summed E-state index contributed by atoms with van der Waals surface area (Å²) in [4.78, 5) is 0. The highest BCUT2D eigenvalue weighted by atomic mass is 35.5. The van der Waals surface area contributed by atoms with Gasteiger partial charge in [-0.3, -0.25) is 0 Å². The molecule has 2 rings (SSSR count). The number of nitrogens with zero attached hydrogens (tertiary/aromatic N) is 1. The quantitative estimate of drug-likeness (QED) is 0.718. The van der Waals surface area contributed by atoms with Gasteiger partial charge in [-0.2, -0.15) is 4.31 Å². The smallest absolute Gasteiger partial charge is 0.212 e. The molecule has 1 saturated carbocycles. The highest BCUT2D eigenvalue weighted by Crippen LogP contribution is 2.37. The van der Waals surface area contributed by atoms with Crippen LogP contribution >= 0.6 is 11.6 Å². The Kier molecular flexibility index (Phi) is 3.58. The van der Waals surface area contributed by atoms with Crippen molar-refractivity contribution >= 4 is 21.6 Å². The number of hydrogen-bond acceptors (Lipinski definition) is 2. The number of halogens is 1. The number of fused-ring (bicyclic) bond motifs is 1. The van der Waals surface area contributed by atoms with Crippen molar-refractivity contribution < 1.29 is 8.42 Å². The highest BCUT2D eigenvalue weighted by Gasteiger charge is 2.41. The molecule has 3 nitrogen and oxygen atoms in total. The zero-order valence-corrected chi connectivity index (χ0v) is 10.4. The Labute approximate surface area is 96.8 Å². The number of hydrogen-bond donors (Lipinski definition) is 0. The third-order valence-electron chi connectivity index (χ3n) is 3.65. The van der Waals surface area contributed by atoms with Crippen molar-refractivity contribution in [3.05, 3.63) is 0 Å². The average Bonchev–Trinajstić information content (AvgIpc) is 2.61. The summed E-state index contributed by atoms with van der Waals surface area (Å²) in [6, 6.07) is 0.284. The van der Waals surface area contributed by atoms with E-state index in [0.717, 1.165) is 12.8 Å². The molecule has 2 atom stereocenters. The molecule has 88 valence electrons. The van der Waals surface area contributed by atoms with Gasteiger partial charge in [0.2, 0.25) is 10.0 Å². The number of sulfonamides is 1. The lowest BCUT2D eigenvalue weighted by atomic mass is 9.86. The Morgan fingerprint density at radius 2 is 1.93 bits per heavy atom. The topological polar surface area (TPSA) is 37.4 Å². The molecule has 1 saturated heterocycles. The maximum Gasteiger partial charge on any atom is 0.215 e. The van der Waals surface area contributed by atoms with Crippen LogP contribution in [0.15, 0.2) is 0 Å². The molecular formula is C10H18ClNO2S. The Bertz CT molecular complexity index is 317. The molecule has 0 amide bonds. The van der Waals surface area contributed by atoms with E-state index in [1.54, 1.807) is 4.31 Å². The monoisotopic (exact) mass is 251 g/mol. The average molecular weight is 252 g/mol. The van der Waals surface area contributed by atoms with Crippen LogP contribution in [0.4, 0.5) is 0 Å². The van der Waals surface area contributed by atoms with Crippen LogP contribution in [0, 0.1) is 5.92 Å². The zero-order valence-electron chi connectivity index (χ0n) is 8.86. The molecular weight excluding hydrogens is 234 g/mol. The molecule has 0 aromatic heterocycles. The Morgan fingerprint density at radius 3 is 2.67 bits per heavy atom. The van der Waals surface area contributed by atoms with E-state index in [0.29, 0.717) is 12.5 Å². The zero-order chi connectivity index (χ0) is 10.9. The predicted octanol–water partition coefficient (Wildman–Crippen LogP) is 1.82. The number of rotatable bonds is 3. The fourth-order valence-corrected chi connectivity index (χ4v) is 5.01. The van der Waals surface area contributed by atoms with Crippen LogP contribution in [0.5, 0.6) is 0 Å². The van der Waals surface area contributed by atoms with Gasteiger partial charge >= 0.3 is 0 Å². The van der Waals surface area contributed by atoms with Crippen molar-refractivity contribution in [3.63, 3.8) is 0 Å². The van der Waals surface area contributed by atoms with Crippen molar-refractivity contribution in [2.45, 2.75) is 38.1 Å². The first-order valence-corrected chi connectivity index (χ1v) is 7.85. The van der Waals surface area contributed by atoms with Crippen molar-refractivity contribution in [1.82, 2.24) is 4.31 Å². The van der Waals surface area contributed by atoms with Gasteiger partial charge in [0, 0.05) is 18.5 Å². The lowest BCUT2D eigenvalue weighted by molar-refractivity contribution is 0.260. The van der Waals surface area contributed by atoms with Crippen molar-refractivity contribution in [3.8, 4) is 0 Å². The van der Waals surface area contributed by atoms with Gasteiger partial charge in [0.15, 0.2) is 0 Å². The summed E-state index contributed by atoms with van der Waals surface area (Å²) in [5.41, 5.74) is 0. The standard InChI is InChI=1S/C10H18ClNO2S/c11-6-8-15(13,14)12-7-5-9-3-1-2-4-10(9)12/h9-10H,1-8H2. The van der Waals surface area contributed by atoms with Gasteiger partial charge in [-0.1, -0.05) is 12.8 Å². The van der Waals surface area contributed by atoms with Crippen molar-refractivity contribution in [2.24, 2.45) is 5.92 Å². The fraction of sp³-hybridized carbons (Fsp3) is 1.00. The highest BCUT2D eigenvalue weighted by molar-refractivity contribution is 7.89. The maximum atomic E-state index is 11.9. The summed E-state index contributed by atoms with van der Waals surface area (Å²) >= 11 is 5.53. The van der Waals surface area contributed by atoms with Crippen LogP contribution in [-0.4, -0.2) is 36.9 Å². The molecule has 1 aliphatic carbocycles. The van der Waals surface area contributed by atoms with Gasteiger partial charge in [0.25, 0.3) is 0 Å². The molecule has 1 aliphatic heterocycles. The molecule has 0 aromatic rings. The summed E-state index contributed by atoms with van der Waals surface area (Å²) < 4.78 is 25.6. The van der Waals surface area contributed by atoms with E-state index in [4.69, 9.17) is 11.6 Å². The SMILES string of the molecule is O=S(=O)(CCCl)N1CCC2CCCCC21. The minimum Gasteiger partial charge on any atom is -0.212 e. The lowest BCUT2D eigenvalue weighted by Gasteiger charge is -2.30. The van der Waals surface area contributed by atoms with Crippen LogP contribution in [0.2, 0.25) is 0 Å². The summed E-state index contributed by atoms with van der Waals surface area (Å²) in [5.74, 6) is 0.914. The summed E-state index contributed by atoms with van der Waals surface area (Å²) in [6.07, 6.45) is 5.74. The lowest BCUT2D eigenvalue weighted by Crippen LogP contribution is -2.40. The summed E-state index contributed by atoms with van der Waals surface area (Å²) in [6.45, 7) is 0.717. The van der Waals surface area contributed by atoms with E-state index in [9.17, 15) is 8.42 Å². The predicted molar refractivity (Wildman–Crippen MR) is 61.6 cm³/mol. The van der Waals surface area contributed by atoms with Gasteiger partial charge in [-0.05, 0) is 25.2 Å². The first kappa shape index (κ1) is 11.7. The molecule has 5 heteroatoms. The molecule has 2 aliphatic rings.